The summed E-state index contributed by atoms with van der Waals surface area (Å²) < 4.78 is 2.92. The van der Waals surface area contributed by atoms with Crippen molar-refractivity contribution < 1.29 is 0 Å². The van der Waals surface area contributed by atoms with Crippen LogP contribution >= 0.6 is 15.9 Å². The van der Waals surface area contributed by atoms with Crippen LogP contribution < -0.4 is 0 Å². The van der Waals surface area contributed by atoms with Gasteiger partial charge in [0, 0.05) is 47.4 Å². The van der Waals surface area contributed by atoms with Crippen LogP contribution in [0.4, 0.5) is 0 Å². The third-order valence-corrected chi connectivity index (χ3v) is 5.22. The van der Waals surface area contributed by atoms with Gasteiger partial charge in [-0.25, -0.2) is 10.0 Å². The lowest BCUT2D eigenvalue weighted by molar-refractivity contribution is 0.476. The lowest BCUT2D eigenvalue weighted by atomic mass is 10.0. The van der Waals surface area contributed by atoms with Gasteiger partial charge in [0.2, 0.25) is 0 Å². The van der Waals surface area contributed by atoms with Gasteiger partial charge in [-0.2, -0.15) is 10.2 Å². The van der Waals surface area contributed by atoms with Crippen molar-refractivity contribution in [2.24, 2.45) is 23.1 Å². The number of allylic oxidation sites excluding steroid dienone is 2. The number of aryl methyl sites for hydroxylation is 1. The molecule has 24 heavy (non-hydrogen) atoms. The van der Waals surface area contributed by atoms with Gasteiger partial charge in [0.1, 0.15) is 0 Å². The van der Waals surface area contributed by atoms with Crippen LogP contribution in [0.25, 0.3) is 10.9 Å². The highest BCUT2D eigenvalue weighted by atomic mass is 79.9. The minimum absolute atomic E-state index is 0.648. The molecule has 5 nitrogen and oxygen atoms in total. The van der Waals surface area contributed by atoms with Gasteiger partial charge in [-0.15, -0.1) is 0 Å². The maximum atomic E-state index is 4.80. The lowest BCUT2D eigenvalue weighted by Gasteiger charge is -2.26. The van der Waals surface area contributed by atoms with E-state index in [0.29, 0.717) is 5.92 Å². The maximum absolute atomic E-state index is 4.80. The van der Waals surface area contributed by atoms with Gasteiger partial charge in [-0.05, 0) is 36.6 Å². The molecule has 3 heterocycles. The van der Waals surface area contributed by atoms with E-state index in [4.69, 9.17) is 10.1 Å². The number of nitrogens with zero attached hydrogens (tertiary/aromatic N) is 5. The first-order valence-corrected chi connectivity index (χ1v) is 8.92. The van der Waals surface area contributed by atoms with Crippen LogP contribution in [0, 0.1) is 5.92 Å². The van der Waals surface area contributed by atoms with E-state index in [0.717, 1.165) is 38.9 Å². The Kier molecular flexibility index (Phi) is 3.03. The molecule has 120 valence electrons. The lowest BCUT2D eigenvalue weighted by Crippen LogP contribution is -2.23. The van der Waals surface area contributed by atoms with E-state index in [2.05, 4.69) is 45.3 Å². The van der Waals surface area contributed by atoms with Crippen LogP contribution in [0.3, 0.4) is 0 Å². The van der Waals surface area contributed by atoms with Gasteiger partial charge in [0.05, 0.1) is 11.2 Å². The minimum atomic E-state index is 0.648. The second-order valence-electron chi connectivity index (χ2n) is 6.50. The summed E-state index contributed by atoms with van der Waals surface area (Å²) in [7, 11) is 1.94. The van der Waals surface area contributed by atoms with Gasteiger partial charge in [0.15, 0.2) is 5.82 Å². The number of halogens is 1. The summed E-state index contributed by atoms with van der Waals surface area (Å²) in [6, 6.07) is 6.29. The quantitative estimate of drug-likeness (QED) is 0.790. The van der Waals surface area contributed by atoms with Crippen molar-refractivity contribution in [3.05, 3.63) is 52.5 Å². The van der Waals surface area contributed by atoms with Crippen LogP contribution in [0.15, 0.2) is 57.1 Å². The van der Waals surface area contributed by atoms with Crippen molar-refractivity contribution in [1.82, 2.24) is 14.8 Å². The summed E-state index contributed by atoms with van der Waals surface area (Å²) in [6.45, 7) is 0. The molecule has 1 fully saturated rings. The molecule has 0 spiro atoms. The molecule has 2 aromatic rings. The Hall–Kier alpha value is -2.21. The van der Waals surface area contributed by atoms with Crippen molar-refractivity contribution in [1.29, 1.82) is 0 Å². The van der Waals surface area contributed by atoms with Crippen LogP contribution in [-0.2, 0) is 7.05 Å². The molecule has 1 aliphatic carbocycles. The Morgan fingerprint density at radius 1 is 1.25 bits per heavy atom. The highest BCUT2D eigenvalue weighted by Gasteiger charge is 2.30. The maximum Gasteiger partial charge on any atom is 0.164 e. The smallest absolute Gasteiger partial charge is 0.164 e. The molecule has 5 rings (SSSR count). The van der Waals surface area contributed by atoms with Crippen molar-refractivity contribution >= 4 is 38.3 Å². The predicted molar refractivity (Wildman–Crippen MR) is 99.0 cm³/mol. The Bertz CT molecular complexity index is 974. The number of benzene rings is 1. The molecule has 0 radical (unpaired) electrons. The third kappa shape index (κ3) is 2.33. The molecular weight excluding hydrogens is 366 g/mol. The van der Waals surface area contributed by atoms with E-state index in [1.54, 1.807) is 0 Å². The van der Waals surface area contributed by atoms with Gasteiger partial charge in [0.25, 0.3) is 0 Å². The third-order valence-electron chi connectivity index (χ3n) is 4.58. The van der Waals surface area contributed by atoms with Crippen LogP contribution in [0.2, 0.25) is 0 Å². The molecule has 2 aliphatic heterocycles. The summed E-state index contributed by atoms with van der Waals surface area (Å²) in [5.41, 5.74) is 4.35. The molecule has 1 saturated carbocycles. The first kappa shape index (κ1) is 14.2. The number of aliphatic imine (C=N–C) groups is 1. The normalized spacial score (nSPS) is 20.3. The molecule has 0 N–H and O–H groups in total. The highest BCUT2D eigenvalue weighted by molar-refractivity contribution is 9.11. The molecule has 6 heteroatoms. The first-order chi connectivity index (χ1) is 11.7. The zero-order valence-electron chi connectivity index (χ0n) is 13.3. The van der Waals surface area contributed by atoms with Crippen molar-refractivity contribution in [2.45, 2.75) is 19.3 Å². The molecule has 1 aromatic carbocycles. The number of hydrogen-bond acceptors (Lipinski definition) is 4. The number of aromatic nitrogens is 2. The zero-order valence-corrected chi connectivity index (χ0v) is 14.9. The second-order valence-corrected chi connectivity index (χ2v) is 7.46. The van der Waals surface area contributed by atoms with E-state index < -0.39 is 0 Å². The molecule has 0 atom stereocenters. The van der Waals surface area contributed by atoms with E-state index in [9.17, 15) is 0 Å². The van der Waals surface area contributed by atoms with Crippen LogP contribution in [0.5, 0.6) is 0 Å². The number of fused-ring (bicyclic) bond motifs is 2. The van der Waals surface area contributed by atoms with Gasteiger partial charge in [-0.3, -0.25) is 4.68 Å². The van der Waals surface area contributed by atoms with Crippen molar-refractivity contribution in [3.63, 3.8) is 0 Å². The number of hydrogen-bond donors (Lipinski definition) is 0. The van der Waals surface area contributed by atoms with Crippen LogP contribution in [-0.4, -0.2) is 26.2 Å². The Morgan fingerprint density at radius 2 is 2.12 bits per heavy atom. The molecule has 0 bridgehead atoms. The fourth-order valence-corrected chi connectivity index (χ4v) is 3.72. The number of hydrazone groups is 1. The Balaban J connectivity index is 1.51. The van der Waals surface area contributed by atoms with Gasteiger partial charge < -0.3 is 0 Å². The van der Waals surface area contributed by atoms with E-state index in [-0.39, 0.29) is 0 Å². The summed E-state index contributed by atoms with van der Waals surface area (Å²) in [4.78, 5) is 4.80. The summed E-state index contributed by atoms with van der Waals surface area (Å²) >= 11 is 3.72. The average molecular weight is 382 g/mol. The molecule has 1 aromatic heterocycles. The SMILES string of the molecule is Cn1cc2cc(C3=NN4C=CC(C5CC5)=NC4=C(Br)C3)ccc2n1. The van der Waals surface area contributed by atoms with Gasteiger partial charge >= 0.3 is 0 Å². The topological polar surface area (TPSA) is 45.8 Å². The summed E-state index contributed by atoms with van der Waals surface area (Å²) in [6.07, 6.45) is 9.43. The van der Waals surface area contributed by atoms with Crippen molar-refractivity contribution in [3.8, 4) is 0 Å². The second kappa shape index (κ2) is 5.14. The standard InChI is InChI=1S/C18H16BrN5/c1-23-10-13-8-12(4-5-16(13)21-23)17-9-14(19)18-20-15(11-2-3-11)6-7-24(18)22-17/h4-8,10-11H,2-3,9H2,1H3. The summed E-state index contributed by atoms with van der Waals surface area (Å²) in [5, 5.41) is 12.2. The Labute approximate surface area is 148 Å². The van der Waals surface area contributed by atoms with E-state index >= 15 is 0 Å². The van der Waals surface area contributed by atoms with Crippen molar-refractivity contribution in [2.75, 3.05) is 0 Å². The molecule has 0 amide bonds. The predicted octanol–water partition coefficient (Wildman–Crippen LogP) is 3.93. The van der Waals surface area contributed by atoms with Gasteiger partial charge in [-0.1, -0.05) is 22.0 Å². The van der Waals surface area contributed by atoms with Crippen LogP contribution in [0.1, 0.15) is 24.8 Å². The monoisotopic (exact) mass is 381 g/mol. The minimum Gasteiger partial charge on any atom is -0.275 e. The molecule has 0 saturated heterocycles. The van der Waals surface area contributed by atoms with E-state index in [1.165, 1.54) is 18.6 Å². The fraction of sp³-hybridized carbons (Fsp3) is 0.278. The molecular formula is C18H16BrN5. The Morgan fingerprint density at radius 3 is 2.96 bits per heavy atom. The van der Waals surface area contributed by atoms with E-state index in [1.807, 2.05) is 29.1 Å². The molecule has 0 unspecified atom stereocenters. The first-order valence-electron chi connectivity index (χ1n) is 8.13. The fourth-order valence-electron chi connectivity index (χ4n) is 3.18. The highest BCUT2D eigenvalue weighted by Crippen LogP contribution is 2.36. The molecule has 3 aliphatic rings. The zero-order chi connectivity index (χ0) is 16.3. The number of rotatable bonds is 2. The average Bonchev–Trinajstić information content (AvgIpc) is 3.35. The summed E-state index contributed by atoms with van der Waals surface area (Å²) in [5.74, 6) is 1.57. The largest absolute Gasteiger partial charge is 0.275 e.